The lowest BCUT2D eigenvalue weighted by Gasteiger charge is -2.33. The van der Waals surface area contributed by atoms with Gasteiger partial charge in [0.15, 0.2) is 0 Å². The van der Waals surface area contributed by atoms with E-state index in [2.05, 4.69) is 5.32 Å². The maximum absolute atomic E-state index is 13.2. The topological polar surface area (TPSA) is 66.5 Å². The molecule has 0 bridgehead atoms. The van der Waals surface area contributed by atoms with Crippen LogP contribution in [0.5, 0.6) is 0 Å². The van der Waals surface area contributed by atoms with E-state index < -0.39 is 10.0 Å². The monoisotopic (exact) mass is 386 g/mol. The molecule has 1 amide bonds. The molecule has 0 aliphatic carbocycles. The number of fused-ring (bicyclic) bond motifs is 3. The number of anilines is 1. The zero-order valence-corrected chi connectivity index (χ0v) is 17.0. The van der Waals surface area contributed by atoms with Crippen molar-refractivity contribution in [3.8, 4) is 11.1 Å². The fourth-order valence-electron chi connectivity index (χ4n) is 3.72. The summed E-state index contributed by atoms with van der Waals surface area (Å²) in [6, 6.07) is 14.2. The van der Waals surface area contributed by atoms with Crippen molar-refractivity contribution in [3.05, 3.63) is 48.5 Å². The standard InChI is InChI=1S/C21H26N2O3S/c1-14(2)21(15(3)4)22-20(24)13-23-18-11-7-5-9-16(18)17-10-6-8-12-19(17)27(23,25)26/h5-12,14-15,21H,13H2,1-4H3,(H,22,24). The van der Waals surface area contributed by atoms with Gasteiger partial charge in [-0.3, -0.25) is 9.10 Å². The van der Waals surface area contributed by atoms with Crippen LogP contribution in [0.3, 0.4) is 0 Å². The number of nitrogens with zero attached hydrogens (tertiary/aromatic N) is 1. The molecule has 0 saturated heterocycles. The second-order valence-electron chi connectivity index (χ2n) is 7.61. The van der Waals surface area contributed by atoms with E-state index in [1.54, 1.807) is 30.3 Å². The normalized spacial score (nSPS) is 15.0. The van der Waals surface area contributed by atoms with Crippen molar-refractivity contribution in [3.63, 3.8) is 0 Å². The molecular weight excluding hydrogens is 360 g/mol. The molecule has 1 aliphatic heterocycles. The summed E-state index contributed by atoms with van der Waals surface area (Å²) in [4.78, 5) is 13.0. The molecule has 6 heteroatoms. The van der Waals surface area contributed by atoms with Crippen molar-refractivity contribution in [1.82, 2.24) is 5.32 Å². The third kappa shape index (κ3) is 3.58. The molecule has 0 atom stereocenters. The summed E-state index contributed by atoms with van der Waals surface area (Å²) in [6.45, 7) is 7.97. The molecule has 1 N–H and O–H groups in total. The van der Waals surface area contributed by atoms with Gasteiger partial charge in [0.25, 0.3) is 10.0 Å². The second-order valence-corrected chi connectivity index (χ2v) is 9.44. The van der Waals surface area contributed by atoms with Crippen molar-refractivity contribution in [1.29, 1.82) is 0 Å². The van der Waals surface area contributed by atoms with Gasteiger partial charge in [-0.15, -0.1) is 0 Å². The number of benzene rings is 2. The van der Waals surface area contributed by atoms with Gasteiger partial charge < -0.3 is 5.32 Å². The first kappa shape index (κ1) is 19.4. The maximum Gasteiger partial charge on any atom is 0.265 e. The van der Waals surface area contributed by atoms with Gasteiger partial charge in [0.05, 0.1) is 10.6 Å². The predicted molar refractivity (Wildman–Crippen MR) is 108 cm³/mol. The lowest BCUT2D eigenvalue weighted by atomic mass is 9.93. The van der Waals surface area contributed by atoms with Gasteiger partial charge in [-0.25, -0.2) is 8.42 Å². The van der Waals surface area contributed by atoms with Crippen LogP contribution >= 0.6 is 0 Å². The largest absolute Gasteiger partial charge is 0.351 e. The Morgan fingerprint density at radius 2 is 1.48 bits per heavy atom. The fourth-order valence-corrected chi connectivity index (χ4v) is 5.37. The summed E-state index contributed by atoms with van der Waals surface area (Å²) in [5.41, 5.74) is 2.03. The van der Waals surface area contributed by atoms with E-state index in [-0.39, 0.29) is 35.2 Å². The minimum Gasteiger partial charge on any atom is -0.351 e. The minimum atomic E-state index is -3.80. The number of para-hydroxylation sites is 1. The summed E-state index contributed by atoms with van der Waals surface area (Å²) >= 11 is 0. The SMILES string of the molecule is CC(C)C(NC(=O)CN1c2ccccc2-c2ccccc2S1(=O)=O)C(C)C. The van der Waals surface area contributed by atoms with Crippen molar-refractivity contribution >= 4 is 21.6 Å². The van der Waals surface area contributed by atoms with Gasteiger partial charge in [-0.2, -0.15) is 0 Å². The first-order chi connectivity index (χ1) is 12.7. The Hall–Kier alpha value is -2.34. The average Bonchev–Trinajstić information content (AvgIpc) is 2.63. The summed E-state index contributed by atoms with van der Waals surface area (Å²) in [5, 5.41) is 3.01. The number of carbonyl (C=O) groups is 1. The zero-order chi connectivity index (χ0) is 19.8. The third-order valence-electron chi connectivity index (χ3n) is 4.97. The number of amides is 1. The second kappa shape index (κ2) is 7.35. The zero-order valence-electron chi connectivity index (χ0n) is 16.1. The first-order valence-electron chi connectivity index (χ1n) is 9.24. The van der Waals surface area contributed by atoms with Crippen LogP contribution in [-0.2, 0) is 14.8 Å². The molecule has 0 saturated carbocycles. The molecule has 27 heavy (non-hydrogen) atoms. The first-order valence-corrected chi connectivity index (χ1v) is 10.7. The number of sulfonamides is 1. The van der Waals surface area contributed by atoms with Crippen LogP contribution < -0.4 is 9.62 Å². The quantitative estimate of drug-likeness (QED) is 0.853. The highest BCUT2D eigenvalue weighted by molar-refractivity contribution is 7.93. The smallest absolute Gasteiger partial charge is 0.265 e. The van der Waals surface area contributed by atoms with Crippen LogP contribution in [-0.4, -0.2) is 26.9 Å². The Bertz CT molecular complexity index is 943. The molecule has 0 fully saturated rings. The van der Waals surface area contributed by atoms with Crippen molar-refractivity contribution in [2.24, 2.45) is 11.8 Å². The van der Waals surface area contributed by atoms with E-state index in [0.717, 1.165) is 5.56 Å². The van der Waals surface area contributed by atoms with E-state index in [4.69, 9.17) is 0 Å². The number of carbonyl (C=O) groups excluding carboxylic acids is 1. The highest BCUT2D eigenvalue weighted by atomic mass is 32.2. The lowest BCUT2D eigenvalue weighted by Crippen LogP contribution is -2.48. The molecule has 3 rings (SSSR count). The van der Waals surface area contributed by atoms with Gasteiger partial charge in [0, 0.05) is 17.2 Å². The molecule has 2 aromatic rings. The Kier molecular flexibility index (Phi) is 5.29. The van der Waals surface area contributed by atoms with Crippen LogP contribution in [0.2, 0.25) is 0 Å². The molecule has 0 radical (unpaired) electrons. The highest BCUT2D eigenvalue weighted by Crippen LogP contribution is 2.42. The van der Waals surface area contributed by atoms with Crippen LogP contribution in [0.4, 0.5) is 5.69 Å². The van der Waals surface area contributed by atoms with Crippen molar-refractivity contribution in [2.45, 2.75) is 38.6 Å². The van der Waals surface area contributed by atoms with Gasteiger partial charge in [-0.1, -0.05) is 64.1 Å². The van der Waals surface area contributed by atoms with E-state index >= 15 is 0 Å². The van der Waals surface area contributed by atoms with Gasteiger partial charge >= 0.3 is 0 Å². The molecule has 0 spiro atoms. The van der Waals surface area contributed by atoms with E-state index in [1.807, 2.05) is 45.9 Å². The Balaban J connectivity index is 1.97. The summed E-state index contributed by atoms with van der Waals surface area (Å²) in [6.07, 6.45) is 0. The number of hydrogen-bond acceptors (Lipinski definition) is 3. The molecule has 5 nitrogen and oxygen atoms in total. The van der Waals surface area contributed by atoms with Gasteiger partial charge in [0.2, 0.25) is 5.91 Å². The van der Waals surface area contributed by atoms with E-state index in [0.29, 0.717) is 11.3 Å². The van der Waals surface area contributed by atoms with Crippen LogP contribution in [0.15, 0.2) is 53.4 Å². The molecule has 144 valence electrons. The number of nitrogens with one attached hydrogen (secondary N) is 1. The van der Waals surface area contributed by atoms with Crippen molar-refractivity contribution < 1.29 is 13.2 Å². The highest BCUT2D eigenvalue weighted by Gasteiger charge is 2.36. The summed E-state index contributed by atoms with van der Waals surface area (Å²) in [7, 11) is -3.80. The minimum absolute atomic E-state index is 0.00692. The van der Waals surface area contributed by atoms with Crippen LogP contribution in [0.1, 0.15) is 27.7 Å². The van der Waals surface area contributed by atoms with E-state index in [9.17, 15) is 13.2 Å². The molecule has 0 aromatic heterocycles. The average molecular weight is 387 g/mol. The molecule has 1 aliphatic rings. The summed E-state index contributed by atoms with van der Waals surface area (Å²) < 4.78 is 27.6. The predicted octanol–water partition coefficient (Wildman–Crippen LogP) is 3.66. The Morgan fingerprint density at radius 3 is 2.11 bits per heavy atom. The number of rotatable bonds is 5. The number of hydrogen-bond donors (Lipinski definition) is 1. The molecular formula is C21H26N2O3S. The Labute approximate surface area is 161 Å². The third-order valence-corrected chi connectivity index (χ3v) is 6.79. The van der Waals surface area contributed by atoms with Crippen molar-refractivity contribution in [2.75, 3.05) is 10.8 Å². The van der Waals surface area contributed by atoms with Crippen LogP contribution in [0, 0.1) is 11.8 Å². The maximum atomic E-state index is 13.2. The van der Waals surface area contributed by atoms with Gasteiger partial charge in [-0.05, 0) is 24.0 Å². The molecule has 2 aromatic carbocycles. The summed E-state index contributed by atoms with van der Waals surface area (Å²) in [5.74, 6) is 0.236. The Morgan fingerprint density at radius 1 is 0.926 bits per heavy atom. The molecule has 0 unspecified atom stereocenters. The fraction of sp³-hybridized carbons (Fsp3) is 0.381. The van der Waals surface area contributed by atoms with Gasteiger partial charge in [0.1, 0.15) is 6.54 Å². The van der Waals surface area contributed by atoms with E-state index in [1.165, 1.54) is 4.31 Å². The van der Waals surface area contributed by atoms with Crippen LogP contribution in [0.25, 0.3) is 11.1 Å². The lowest BCUT2D eigenvalue weighted by molar-refractivity contribution is -0.121. The molecule has 1 heterocycles.